The van der Waals surface area contributed by atoms with Gasteiger partial charge in [-0.15, -0.1) is 0 Å². The lowest BCUT2D eigenvalue weighted by Gasteiger charge is -2.25. The number of aliphatic carboxylic acids is 1. The maximum atomic E-state index is 11.7. The summed E-state index contributed by atoms with van der Waals surface area (Å²) in [5.41, 5.74) is 2.65. The molecular formula is C16H21F3N2O4. The largest absolute Gasteiger partial charge is 0.490 e. The zero-order valence-electron chi connectivity index (χ0n) is 13.9. The van der Waals surface area contributed by atoms with E-state index in [-0.39, 0.29) is 5.56 Å². The molecule has 1 unspecified atom stereocenters. The number of rotatable bonds is 1. The molecule has 1 aromatic heterocycles. The molecule has 0 radical (unpaired) electrons. The van der Waals surface area contributed by atoms with Gasteiger partial charge in [0.05, 0.1) is 6.61 Å². The summed E-state index contributed by atoms with van der Waals surface area (Å²) >= 11 is 0. The Kier molecular flexibility index (Phi) is 6.23. The molecule has 0 bridgehead atoms. The van der Waals surface area contributed by atoms with Crippen LogP contribution >= 0.6 is 0 Å². The summed E-state index contributed by atoms with van der Waals surface area (Å²) in [5.74, 6) is -2.76. The first-order chi connectivity index (χ1) is 11.7. The van der Waals surface area contributed by atoms with Gasteiger partial charge in [0.15, 0.2) is 0 Å². The Bertz CT molecular complexity index is 666. The number of ether oxygens (including phenoxy) is 1. The van der Waals surface area contributed by atoms with Crippen LogP contribution in [0, 0.1) is 0 Å². The van der Waals surface area contributed by atoms with Gasteiger partial charge in [0.2, 0.25) is 5.56 Å². The minimum atomic E-state index is -5.08. The number of aromatic nitrogens is 1. The lowest BCUT2D eigenvalue weighted by Crippen LogP contribution is -2.37. The molecule has 2 aliphatic heterocycles. The molecule has 0 amide bonds. The number of carbonyl (C=O) groups is 1. The molecule has 3 heterocycles. The molecule has 0 aliphatic carbocycles. The van der Waals surface area contributed by atoms with Crippen LogP contribution in [0.2, 0.25) is 0 Å². The van der Waals surface area contributed by atoms with E-state index in [0.29, 0.717) is 6.04 Å². The number of alkyl halides is 3. The van der Waals surface area contributed by atoms with Crippen LogP contribution in [0.5, 0.6) is 0 Å². The number of halogens is 3. The lowest BCUT2D eigenvalue weighted by atomic mass is 10.1. The minimum absolute atomic E-state index is 0.103. The maximum Gasteiger partial charge on any atom is 0.490 e. The maximum absolute atomic E-state index is 11.7. The van der Waals surface area contributed by atoms with Crippen molar-refractivity contribution in [1.82, 2.24) is 9.47 Å². The summed E-state index contributed by atoms with van der Waals surface area (Å²) in [6, 6.07) is 4.27. The number of carboxylic acid groups (broad SMARTS) is 1. The average molecular weight is 362 g/mol. The Morgan fingerprint density at radius 2 is 1.92 bits per heavy atom. The smallest absolute Gasteiger partial charge is 0.475 e. The molecule has 0 aromatic carbocycles. The normalized spacial score (nSPS) is 21.0. The zero-order valence-corrected chi connectivity index (χ0v) is 13.9. The molecule has 1 N–H and O–H groups in total. The van der Waals surface area contributed by atoms with Crippen LogP contribution in [-0.2, 0) is 29.4 Å². The van der Waals surface area contributed by atoms with Crippen LogP contribution in [0.15, 0.2) is 16.9 Å². The SMILES string of the molecule is Cn1c2c(ccc1=O)CCN(C1CCOC1)CC2.O=C(O)C(F)(F)F. The zero-order chi connectivity index (χ0) is 18.6. The van der Waals surface area contributed by atoms with E-state index in [9.17, 15) is 18.0 Å². The van der Waals surface area contributed by atoms with Crippen LogP contribution in [-0.4, -0.2) is 59.1 Å². The van der Waals surface area contributed by atoms with Gasteiger partial charge in [-0.1, -0.05) is 6.07 Å². The fourth-order valence-corrected chi connectivity index (χ4v) is 3.08. The Labute approximate surface area is 142 Å². The molecule has 25 heavy (non-hydrogen) atoms. The van der Waals surface area contributed by atoms with Crippen molar-refractivity contribution in [3.63, 3.8) is 0 Å². The number of fused-ring (bicyclic) bond motifs is 1. The van der Waals surface area contributed by atoms with Crippen LogP contribution in [0.25, 0.3) is 0 Å². The standard InChI is InChI=1S/C14H20N2O2.C2HF3O2/c1-15-13-5-8-16(12-6-9-18-10-12)7-4-11(13)2-3-14(15)17;3-2(4,5)1(6)7/h2-3,12H,4-10H2,1H3;(H,6,7). The number of hydrogen-bond donors (Lipinski definition) is 1. The molecule has 3 rings (SSSR count). The van der Waals surface area contributed by atoms with Crippen LogP contribution in [0.3, 0.4) is 0 Å². The second-order valence-electron chi connectivity index (χ2n) is 6.06. The van der Waals surface area contributed by atoms with Crippen molar-refractivity contribution in [2.75, 3.05) is 26.3 Å². The van der Waals surface area contributed by atoms with Crippen molar-refractivity contribution in [3.05, 3.63) is 33.7 Å². The number of nitrogens with zero attached hydrogens (tertiary/aromatic N) is 2. The quantitative estimate of drug-likeness (QED) is 0.813. The van der Waals surface area contributed by atoms with E-state index in [1.807, 2.05) is 17.7 Å². The Morgan fingerprint density at radius 1 is 1.28 bits per heavy atom. The van der Waals surface area contributed by atoms with E-state index in [4.69, 9.17) is 14.6 Å². The molecule has 1 aromatic rings. The predicted octanol–water partition coefficient (Wildman–Crippen LogP) is 1.21. The predicted molar refractivity (Wildman–Crippen MR) is 83.6 cm³/mol. The van der Waals surface area contributed by atoms with Crippen molar-refractivity contribution in [2.45, 2.75) is 31.5 Å². The molecule has 2 aliphatic rings. The van der Waals surface area contributed by atoms with Gasteiger partial charge >= 0.3 is 12.1 Å². The summed E-state index contributed by atoms with van der Waals surface area (Å²) in [4.78, 5) is 23.1. The first kappa shape index (κ1) is 19.5. The summed E-state index contributed by atoms with van der Waals surface area (Å²) < 4.78 is 39.0. The molecular weight excluding hydrogens is 341 g/mol. The Hall–Kier alpha value is -1.87. The van der Waals surface area contributed by atoms with Crippen molar-refractivity contribution in [3.8, 4) is 0 Å². The van der Waals surface area contributed by atoms with Gasteiger partial charge in [-0.2, -0.15) is 13.2 Å². The molecule has 9 heteroatoms. The first-order valence-electron chi connectivity index (χ1n) is 8.00. The van der Waals surface area contributed by atoms with Crippen LogP contribution < -0.4 is 5.56 Å². The van der Waals surface area contributed by atoms with Gasteiger partial charge < -0.3 is 14.4 Å². The molecule has 140 valence electrons. The summed E-state index contributed by atoms with van der Waals surface area (Å²) in [6.45, 7) is 3.89. The van der Waals surface area contributed by atoms with Crippen molar-refractivity contribution in [1.29, 1.82) is 0 Å². The van der Waals surface area contributed by atoms with Crippen LogP contribution in [0.1, 0.15) is 17.7 Å². The minimum Gasteiger partial charge on any atom is -0.475 e. The van der Waals surface area contributed by atoms with E-state index in [0.717, 1.165) is 45.6 Å². The highest BCUT2D eigenvalue weighted by Crippen LogP contribution is 2.19. The van der Waals surface area contributed by atoms with Crippen molar-refractivity contribution < 1.29 is 27.8 Å². The van der Waals surface area contributed by atoms with Crippen molar-refractivity contribution >= 4 is 5.97 Å². The molecule has 1 atom stereocenters. The van der Waals surface area contributed by atoms with Gasteiger partial charge in [-0.3, -0.25) is 9.69 Å². The topological polar surface area (TPSA) is 71.8 Å². The Balaban J connectivity index is 0.000000277. The summed E-state index contributed by atoms with van der Waals surface area (Å²) in [5, 5.41) is 7.12. The first-order valence-corrected chi connectivity index (χ1v) is 8.00. The highest BCUT2D eigenvalue weighted by molar-refractivity contribution is 5.73. The fourth-order valence-electron chi connectivity index (χ4n) is 3.08. The van der Waals surface area contributed by atoms with Gasteiger partial charge in [0.1, 0.15) is 0 Å². The van der Waals surface area contributed by atoms with E-state index < -0.39 is 12.1 Å². The molecule has 1 saturated heterocycles. The van der Waals surface area contributed by atoms with E-state index in [1.165, 1.54) is 11.3 Å². The third-order valence-corrected chi connectivity index (χ3v) is 4.50. The van der Waals surface area contributed by atoms with E-state index in [1.54, 1.807) is 6.07 Å². The molecule has 1 fully saturated rings. The number of carboxylic acids is 1. The van der Waals surface area contributed by atoms with Gasteiger partial charge in [-0.05, 0) is 18.4 Å². The number of pyridine rings is 1. The highest BCUT2D eigenvalue weighted by Gasteiger charge is 2.38. The number of hydrogen-bond acceptors (Lipinski definition) is 4. The highest BCUT2D eigenvalue weighted by atomic mass is 19.4. The molecule has 0 spiro atoms. The Morgan fingerprint density at radius 3 is 2.48 bits per heavy atom. The second-order valence-corrected chi connectivity index (χ2v) is 6.06. The van der Waals surface area contributed by atoms with E-state index >= 15 is 0 Å². The van der Waals surface area contributed by atoms with Gasteiger partial charge in [0, 0.05) is 51.0 Å². The summed E-state index contributed by atoms with van der Waals surface area (Å²) in [6.07, 6.45) is -1.92. The molecule has 0 saturated carbocycles. The third-order valence-electron chi connectivity index (χ3n) is 4.50. The average Bonchev–Trinajstić information content (AvgIpc) is 2.98. The third kappa shape index (κ3) is 5.05. The molecule has 6 nitrogen and oxygen atoms in total. The monoisotopic (exact) mass is 362 g/mol. The lowest BCUT2D eigenvalue weighted by molar-refractivity contribution is -0.192. The van der Waals surface area contributed by atoms with Crippen molar-refractivity contribution in [2.24, 2.45) is 7.05 Å². The fraction of sp³-hybridized carbons (Fsp3) is 0.625. The van der Waals surface area contributed by atoms with E-state index in [2.05, 4.69) is 4.90 Å². The van der Waals surface area contributed by atoms with Gasteiger partial charge in [-0.25, -0.2) is 4.79 Å². The second kappa shape index (κ2) is 8.01. The van der Waals surface area contributed by atoms with Crippen LogP contribution in [0.4, 0.5) is 13.2 Å². The summed E-state index contributed by atoms with van der Waals surface area (Å²) in [7, 11) is 1.88. The van der Waals surface area contributed by atoms with Gasteiger partial charge in [0.25, 0.3) is 0 Å².